The molecule has 0 fully saturated rings. The molecule has 0 saturated carbocycles. The molecule has 7 nitrogen and oxygen atoms in total. The van der Waals surface area contributed by atoms with Crippen LogP contribution in [0.25, 0.3) is 0 Å². The summed E-state index contributed by atoms with van der Waals surface area (Å²) in [6, 6.07) is 10.1. The molecule has 0 aromatic heterocycles. The minimum Gasteiger partial charge on any atom is -0.376 e. The van der Waals surface area contributed by atoms with E-state index in [1.807, 2.05) is 44.2 Å². The van der Waals surface area contributed by atoms with E-state index in [0.717, 1.165) is 5.56 Å². The van der Waals surface area contributed by atoms with Crippen molar-refractivity contribution in [3.05, 3.63) is 35.9 Å². The Morgan fingerprint density at radius 2 is 1.85 bits per heavy atom. The molecular weight excluding hydrogens is 364 g/mol. The molecule has 0 saturated heterocycles. The van der Waals surface area contributed by atoms with E-state index in [0.29, 0.717) is 51.3 Å². The van der Waals surface area contributed by atoms with Crippen LogP contribution in [0, 0.1) is 5.92 Å². The third-order valence-corrected chi connectivity index (χ3v) is 6.13. The molecular formula is C19H34N4O3S. The number of benzene rings is 1. The van der Waals surface area contributed by atoms with Crippen molar-refractivity contribution in [3.8, 4) is 0 Å². The Morgan fingerprint density at radius 1 is 1.19 bits per heavy atom. The molecule has 0 bridgehead atoms. The van der Waals surface area contributed by atoms with Crippen molar-refractivity contribution in [1.29, 1.82) is 0 Å². The van der Waals surface area contributed by atoms with Gasteiger partial charge in [0.15, 0.2) is 5.96 Å². The molecule has 1 aromatic carbocycles. The molecule has 1 unspecified atom stereocenters. The van der Waals surface area contributed by atoms with E-state index in [2.05, 4.69) is 22.5 Å². The average Bonchev–Trinajstić information content (AvgIpc) is 2.66. The maximum atomic E-state index is 12.2. The van der Waals surface area contributed by atoms with Crippen LogP contribution in [0.4, 0.5) is 0 Å². The number of guanidine groups is 1. The number of aliphatic imine (C=N–C) groups is 1. The molecule has 1 aromatic rings. The summed E-state index contributed by atoms with van der Waals surface area (Å²) >= 11 is 0. The molecule has 154 valence electrons. The van der Waals surface area contributed by atoms with Crippen molar-refractivity contribution in [1.82, 2.24) is 14.9 Å². The third-order valence-electron chi connectivity index (χ3n) is 4.11. The summed E-state index contributed by atoms with van der Waals surface area (Å²) in [6.45, 7) is 9.01. The van der Waals surface area contributed by atoms with Crippen LogP contribution in [-0.4, -0.2) is 64.3 Å². The summed E-state index contributed by atoms with van der Waals surface area (Å²) in [4.78, 5) is 4.14. The summed E-state index contributed by atoms with van der Waals surface area (Å²) in [5.41, 5.74) is 1.16. The quantitative estimate of drug-likeness (QED) is 0.413. The minimum atomic E-state index is -3.23. The van der Waals surface area contributed by atoms with Gasteiger partial charge >= 0.3 is 0 Å². The van der Waals surface area contributed by atoms with Crippen molar-refractivity contribution >= 4 is 16.0 Å². The zero-order valence-electron chi connectivity index (χ0n) is 16.9. The number of sulfonamides is 1. The number of rotatable bonds is 12. The van der Waals surface area contributed by atoms with Crippen LogP contribution in [0.2, 0.25) is 0 Å². The zero-order valence-corrected chi connectivity index (χ0v) is 17.8. The molecule has 2 N–H and O–H groups in total. The molecule has 0 amide bonds. The summed E-state index contributed by atoms with van der Waals surface area (Å²) in [6.07, 6.45) is 0. The van der Waals surface area contributed by atoms with Gasteiger partial charge in [0.1, 0.15) is 0 Å². The SMILES string of the molecule is CCN(CC)S(=O)(=O)CCNC(=NC)NCC(C)COCc1ccccc1. The van der Waals surface area contributed by atoms with Crippen LogP contribution in [0.15, 0.2) is 35.3 Å². The molecule has 1 rings (SSSR count). The van der Waals surface area contributed by atoms with Gasteiger partial charge in [0, 0.05) is 33.2 Å². The maximum absolute atomic E-state index is 12.2. The predicted molar refractivity (Wildman–Crippen MR) is 111 cm³/mol. The Kier molecular flexibility index (Phi) is 11.0. The first kappa shape index (κ1) is 23.4. The largest absolute Gasteiger partial charge is 0.376 e. The van der Waals surface area contributed by atoms with Crippen molar-refractivity contribution in [2.45, 2.75) is 27.4 Å². The summed E-state index contributed by atoms with van der Waals surface area (Å²) < 4.78 is 31.6. The lowest BCUT2D eigenvalue weighted by Gasteiger charge is -2.19. The maximum Gasteiger partial charge on any atom is 0.215 e. The zero-order chi connectivity index (χ0) is 20.1. The van der Waals surface area contributed by atoms with Gasteiger partial charge in [-0.15, -0.1) is 0 Å². The fourth-order valence-electron chi connectivity index (χ4n) is 2.55. The highest BCUT2D eigenvalue weighted by Gasteiger charge is 2.18. The highest BCUT2D eigenvalue weighted by atomic mass is 32.2. The monoisotopic (exact) mass is 398 g/mol. The van der Waals surface area contributed by atoms with Crippen molar-refractivity contribution in [2.75, 3.05) is 45.6 Å². The Bertz CT molecular complexity index is 646. The van der Waals surface area contributed by atoms with Crippen LogP contribution >= 0.6 is 0 Å². The summed E-state index contributed by atoms with van der Waals surface area (Å²) in [5.74, 6) is 0.941. The number of hydrogen-bond acceptors (Lipinski definition) is 4. The standard InChI is InChI=1S/C19H34N4O3S/c1-5-23(6-2)27(24,25)13-12-21-19(20-4)22-14-17(3)15-26-16-18-10-8-7-9-11-18/h7-11,17H,5-6,12-16H2,1-4H3,(H2,20,21,22). The Morgan fingerprint density at radius 3 is 2.44 bits per heavy atom. The van der Waals surface area contributed by atoms with Gasteiger partial charge in [-0.2, -0.15) is 0 Å². The Balaban J connectivity index is 2.27. The lowest BCUT2D eigenvalue weighted by Crippen LogP contribution is -2.43. The van der Waals surface area contributed by atoms with Gasteiger partial charge in [0.25, 0.3) is 0 Å². The molecule has 1 atom stereocenters. The number of nitrogens with one attached hydrogen (secondary N) is 2. The van der Waals surface area contributed by atoms with E-state index in [-0.39, 0.29) is 5.75 Å². The average molecular weight is 399 g/mol. The smallest absolute Gasteiger partial charge is 0.215 e. The molecule has 0 aliphatic carbocycles. The van der Waals surface area contributed by atoms with Gasteiger partial charge in [-0.1, -0.05) is 51.1 Å². The summed E-state index contributed by atoms with van der Waals surface area (Å²) in [7, 11) is -1.56. The summed E-state index contributed by atoms with van der Waals surface area (Å²) in [5, 5.41) is 6.27. The van der Waals surface area contributed by atoms with E-state index in [4.69, 9.17) is 4.74 Å². The molecule has 27 heavy (non-hydrogen) atoms. The number of ether oxygens (including phenoxy) is 1. The molecule has 0 aliphatic heterocycles. The molecule has 0 radical (unpaired) electrons. The van der Waals surface area contributed by atoms with Gasteiger partial charge in [-0.05, 0) is 11.5 Å². The molecule has 8 heteroatoms. The minimum absolute atomic E-state index is 0.0467. The molecule has 0 spiro atoms. The normalized spacial score (nSPS) is 13.6. The highest BCUT2D eigenvalue weighted by molar-refractivity contribution is 7.89. The van der Waals surface area contributed by atoms with Crippen LogP contribution < -0.4 is 10.6 Å². The van der Waals surface area contributed by atoms with E-state index >= 15 is 0 Å². The second kappa shape index (κ2) is 12.7. The molecule has 0 aliphatic rings. The van der Waals surface area contributed by atoms with Crippen LogP contribution in [-0.2, 0) is 21.4 Å². The van der Waals surface area contributed by atoms with Crippen molar-refractivity contribution < 1.29 is 13.2 Å². The van der Waals surface area contributed by atoms with Crippen LogP contribution in [0.3, 0.4) is 0 Å². The van der Waals surface area contributed by atoms with Crippen molar-refractivity contribution in [3.63, 3.8) is 0 Å². The van der Waals surface area contributed by atoms with E-state index in [9.17, 15) is 8.42 Å². The lowest BCUT2D eigenvalue weighted by atomic mass is 10.2. The van der Waals surface area contributed by atoms with Gasteiger partial charge < -0.3 is 15.4 Å². The fraction of sp³-hybridized carbons (Fsp3) is 0.632. The number of hydrogen-bond donors (Lipinski definition) is 2. The Hall–Kier alpha value is -1.64. The van der Waals surface area contributed by atoms with Gasteiger partial charge in [0.2, 0.25) is 10.0 Å². The number of nitrogens with zero attached hydrogens (tertiary/aromatic N) is 2. The predicted octanol–water partition coefficient (Wildman–Crippen LogP) is 1.68. The second-order valence-corrected chi connectivity index (χ2v) is 8.47. The second-order valence-electron chi connectivity index (χ2n) is 6.39. The first-order chi connectivity index (χ1) is 12.9. The lowest BCUT2D eigenvalue weighted by molar-refractivity contribution is 0.0931. The fourth-order valence-corrected chi connectivity index (χ4v) is 3.95. The Labute approximate surface area is 164 Å². The van der Waals surface area contributed by atoms with Gasteiger partial charge in [0.05, 0.1) is 19.0 Å². The first-order valence-electron chi connectivity index (χ1n) is 9.46. The topological polar surface area (TPSA) is 83.0 Å². The van der Waals surface area contributed by atoms with Gasteiger partial charge in [-0.3, -0.25) is 4.99 Å². The van der Waals surface area contributed by atoms with E-state index < -0.39 is 10.0 Å². The van der Waals surface area contributed by atoms with E-state index in [1.54, 1.807) is 7.05 Å². The van der Waals surface area contributed by atoms with Gasteiger partial charge in [-0.25, -0.2) is 12.7 Å². The van der Waals surface area contributed by atoms with E-state index in [1.165, 1.54) is 4.31 Å². The molecule has 0 heterocycles. The third kappa shape index (κ3) is 9.21. The first-order valence-corrected chi connectivity index (χ1v) is 11.1. The van der Waals surface area contributed by atoms with Crippen LogP contribution in [0.5, 0.6) is 0 Å². The van der Waals surface area contributed by atoms with Crippen molar-refractivity contribution in [2.24, 2.45) is 10.9 Å². The highest BCUT2D eigenvalue weighted by Crippen LogP contribution is 2.03. The van der Waals surface area contributed by atoms with Crippen LogP contribution in [0.1, 0.15) is 26.3 Å².